The highest BCUT2D eigenvalue weighted by molar-refractivity contribution is 5.82. The topological polar surface area (TPSA) is 36.0 Å². The van der Waals surface area contributed by atoms with Crippen molar-refractivity contribution in [3.05, 3.63) is 30.0 Å². The number of phenols is 1. The van der Waals surface area contributed by atoms with Gasteiger partial charge in [-0.2, -0.15) is 0 Å². The molecule has 1 aromatic heterocycles. The fraction of sp³-hybridized carbons (Fsp3) is 0.385. The predicted octanol–water partition coefficient (Wildman–Crippen LogP) is 3.53. The van der Waals surface area contributed by atoms with Gasteiger partial charge in [0.2, 0.25) is 0 Å². The molecule has 1 heterocycles. The Morgan fingerprint density at radius 3 is 2.73 bits per heavy atom. The Kier molecular flexibility index (Phi) is 1.94. The predicted molar refractivity (Wildman–Crippen MR) is 61.2 cm³/mol. The zero-order chi connectivity index (χ0) is 10.3. The second-order valence-corrected chi connectivity index (χ2v) is 4.48. The molecule has 0 spiro atoms. The second kappa shape index (κ2) is 3.30. The number of aromatic nitrogens is 1. The highest BCUT2D eigenvalue weighted by Crippen LogP contribution is 2.35. The number of hydrogen-bond donors (Lipinski definition) is 2. The molecule has 1 saturated carbocycles. The van der Waals surface area contributed by atoms with Gasteiger partial charge in [-0.1, -0.05) is 12.8 Å². The maximum Gasteiger partial charge on any atom is 0.116 e. The number of aromatic amines is 1. The smallest absolute Gasteiger partial charge is 0.116 e. The highest BCUT2D eigenvalue weighted by Gasteiger charge is 2.18. The molecule has 1 aromatic carbocycles. The Balaban J connectivity index is 2.05. The van der Waals surface area contributed by atoms with Crippen molar-refractivity contribution < 1.29 is 5.11 Å². The van der Waals surface area contributed by atoms with Crippen molar-refractivity contribution in [3.63, 3.8) is 0 Å². The Hall–Kier alpha value is -1.44. The molecule has 15 heavy (non-hydrogen) atoms. The minimum absolute atomic E-state index is 0.347. The third kappa shape index (κ3) is 1.50. The summed E-state index contributed by atoms with van der Waals surface area (Å²) in [5.74, 6) is 1.05. The molecule has 2 N–H and O–H groups in total. The molecular weight excluding hydrogens is 186 g/mol. The molecule has 78 valence electrons. The van der Waals surface area contributed by atoms with E-state index in [9.17, 15) is 5.11 Å². The van der Waals surface area contributed by atoms with Crippen LogP contribution in [0.5, 0.6) is 5.75 Å². The van der Waals surface area contributed by atoms with Crippen LogP contribution in [0.25, 0.3) is 10.9 Å². The van der Waals surface area contributed by atoms with Crippen LogP contribution in [-0.4, -0.2) is 10.1 Å². The van der Waals surface area contributed by atoms with Gasteiger partial charge in [-0.05, 0) is 43.0 Å². The van der Waals surface area contributed by atoms with Crippen LogP contribution in [0, 0.1) is 0 Å². The normalized spacial score (nSPS) is 17.6. The van der Waals surface area contributed by atoms with Crippen molar-refractivity contribution >= 4 is 10.9 Å². The fourth-order valence-electron chi connectivity index (χ4n) is 2.60. The zero-order valence-corrected chi connectivity index (χ0v) is 8.66. The van der Waals surface area contributed by atoms with Crippen LogP contribution in [0.1, 0.15) is 37.3 Å². The van der Waals surface area contributed by atoms with E-state index in [4.69, 9.17) is 0 Å². The average molecular weight is 201 g/mol. The van der Waals surface area contributed by atoms with Gasteiger partial charge in [-0.25, -0.2) is 0 Å². The van der Waals surface area contributed by atoms with E-state index < -0.39 is 0 Å². The largest absolute Gasteiger partial charge is 0.508 e. The molecule has 2 nitrogen and oxygen atoms in total. The van der Waals surface area contributed by atoms with E-state index in [0.717, 1.165) is 10.9 Å². The molecule has 1 fully saturated rings. The number of benzene rings is 1. The Bertz CT molecular complexity index is 480. The standard InChI is InChI=1S/C13H15NO/c15-11-5-6-12-10(7-11)8-13(14-12)9-3-1-2-4-9/h5-9,14-15H,1-4H2. The molecule has 1 aliphatic carbocycles. The molecule has 0 unspecified atom stereocenters. The monoisotopic (exact) mass is 201 g/mol. The van der Waals surface area contributed by atoms with Gasteiger partial charge in [0, 0.05) is 16.6 Å². The van der Waals surface area contributed by atoms with Crippen LogP contribution < -0.4 is 0 Å². The van der Waals surface area contributed by atoms with Crippen LogP contribution in [-0.2, 0) is 0 Å². The van der Waals surface area contributed by atoms with Crippen LogP contribution in [0.2, 0.25) is 0 Å². The summed E-state index contributed by atoms with van der Waals surface area (Å²) in [7, 11) is 0. The lowest BCUT2D eigenvalue weighted by Crippen LogP contribution is -1.90. The first kappa shape index (κ1) is 8.84. The van der Waals surface area contributed by atoms with Crippen molar-refractivity contribution in [2.75, 3.05) is 0 Å². The highest BCUT2D eigenvalue weighted by atomic mass is 16.3. The number of hydrogen-bond acceptors (Lipinski definition) is 1. The lowest BCUT2D eigenvalue weighted by molar-refractivity contribution is 0.476. The number of H-pyrrole nitrogens is 1. The van der Waals surface area contributed by atoms with Crippen molar-refractivity contribution in [1.29, 1.82) is 0 Å². The Morgan fingerprint density at radius 2 is 1.93 bits per heavy atom. The minimum Gasteiger partial charge on any atom is -0.508 e. The lowest BCUT2D eigenvalue weighted by Gasteiger charge is -2.04. The lowest BCUT2D eigenvalue weighted by atomic mass is 10.0. The van der Waals surface area contributed by atoms with Gasteiger partial charge in [-0.15, -0.1) is 0 Å². The molecule has 0 saturated heterocycles. The van der Waals surface area contributed by atoms with Crippen molar-refractivity contribution in [3.8, 4) is 5.75 Å². The van der Waals surface area contributed by atoms with Gasteiger partial charge in [0.15, 0.2) is 0 Å². The number of rotatable bonds is 1. The van der Waals surface area contributed by atoms with Crippen molar-refractivity contribution in [1.82, 2.24) is 4.98 Å². The van der Waals surface area contributed by atoms with Gasteiger partial charge in [-0.3, -0.25) is 0 Å². The Morgan fingerprint density at radius 1 is 1.13 bits per heavy atom. The van der Waals surface area contributed by atoms with Gasteiger partial charge >= 0.3 is 0 Å². The van der Waals surface area contributed by atoms with Gasteiger partial charge in [0.05, 0.1) is 0 Å². The molecule has 0 radical (unpaired) electrons. The van der Waals surface area contributed by atoms with E-state index in [0.29, 0.717) is 11.7 Å². The summed E-state index contributed by atoms with van der Waals surface area (Å²) in [6.45, 7) is 0. The first-order valence-electron chi connectivity index (χ1n) is 5.64. The minimum atomic E-state index is 0.347. The molecule has 1 aliphatic rings. The van der Waals surface area contributed by atoms with Crippen LogP contribution in [0.3, 0.4) is 0 Å². The molecule has 2 aromatic rings. The van der Waals surface area contributed by atoms with E-state index in [1.807, 2.05) is 12.1 Å². The van der Waals surface area contributed by atoms with Gasteiger partial charge < -0.3 is 10.1 Å². The third-order valence-corrected chi connectivity index (χ3v) is 3.42. The molecule has 0 bridgehead atoms. The van der Waals surface area contributed by atoms with E-state index in [2.05, 4.69) is 11.1 Å². The number of phenolic OH excluding ortho intramolecular Hbond substituents is 1. The quantitative estimate of drug-likeness (QED) is 0.727. The summed E-state index contributed by atoms with van der Waals surface area (Å²) >= 11 is 0. The molecule has 0 atom stereocenters. The van der Waals surface area contributed by atoms with E-state index in [-0.39, 0.29) is 0 Å². The van der Waals surface area contributed by atoms with Gasteiger partial charge in [0.1, 0.15) is 5.75 Å². The third-order valence-electron chi connectivity index (χ3n) is 3.42. The number of aromatic hydroxyl groups is 1. The zero-order valence-electron chi connectivity index (χ0n) is 8.66. The van der Waals surface area contributed by atoms with Crippen LogP contribution >= 0.6 is 0 Å². The molecular formula is C13H15NO. The van der Waals surface area contributed by atoms with E-state index >= 15 is 0 Å². The van der Waals surface area contributed by atoms with Crippen LogP contribution in [0.15, 0.2) is 24.3 Å². The second-order valence-electron chi connectivity index (χ2n) is 4.48. The van der Waals surface area contributed by atoms with E-state index in [1.165, 1.54) is 31.4 Å². The fourth-order valence-corrected chi connectivity index (χ4v) is 2.60. The molecule has 0 aliphatic heterocycles. The first-order valence-corrected chi connectivity index (χ1v) is 5.64. The maximum atomic E-state index is 9.39. The van der Waals surface area contributed by atoms with Crippen molar-refractivity contribution in [2.24, 2.45) is 0 Å². The SMILES string of the molecule is Oc1ccc2[nH]c(C3CCCC3)cc2c1. The summed E-state index contributed by atoms with van der Waals surface area (Å²) in [5, 5.41) is 10.5. The number of fused-ring (bicyclic) bond motifs is 1. The average Bonchev–Trinajstić information content (AvgIpc) is 2.84. The Labute approximate surface area is 88.9 Å². The first-order chi connectivity index (χ1) is 7.33. The molecule has 0 amide bonds. The number of nitrogens with one attached hydrogen (secondary N) is 1. The molecule has 2 heteroatoms. The summed E-state index contributed by atoms with van der Waals surface area (Å²) in [5.41, 5.74) is 2.47. The molecule has 3 rings (SSSR count). The summed E-state index contributed by atoms with van der Waals surface area (Å²) in [6.07, 6.45) is 5.31. The summed E-state index contributed by atoms with van der Waals surface area (Å²) in [4.78, 5) is 3.45. The van der Waals surface area contributed by atoms with Crippen molar-refractivity contribution in [2.45, 2.75) is 31.6 Å². The van der Waals surface area contributed by atoms with Gasteiger partial charge in [0.25, 0.3) is 0 Å². The summed E-state index contributed by atoms with van der Waals surface area (Å²) in [6, 6.07) is 7.69. The van der Waals surface area contributed by atoms with E-state index in [1.54, 1.807) is 6.07 Å². The maximum absolute atomic E-state index is 9.39. The summed E-state index contributed by atoms with van der Waals surface area (Å²) < 4.78 is 0. The van der Waals surface area contributed by atoms with Crippen LogP contribution in [0.4, 0.5) is 0 Å².